The number of anilines is 2. The number of morpholine rings is 1. The lowest BCUT2D eigenvalue weighted by Gasteiger charge is -2.25. The maximum atomic E-state index is 12.7. The van der Waals surface area contributed by atoms with E-state index >= 15 is 0 Å². The Labute approximate surface area is 163 Å². The molecule has 3 aliphatic rings. The maximum Gasteiger partial charge on any atom is 0.241 e. The van der Waals surface area contributed by atoms with Crippen LogP contribution in [0.1, 0.15) is 32.1 Å². The molecule has 144 valence electrons. The minimum atomic E-state index is -0.0563. The summed E-state index contributed by atoms with van der Waals surface area (Å²) in [5.41, 5.74) is 1.85. The van der Waals surface area contributed by atoms with Crippen LogP contribution in [-0.4, -0.2) is 49.3 Å². The van der Waals surface area contributed by atoms with Gasteiger partial charge in [0.2, 0.25) is 5.91 Å². The molecular formula is C20H26N4O2S. The normalized spacial score (nSPS) is 28.3. The van der Waals surface area contributed by atoms with E-state index in [1.807, 2.05) is 12.1 Å². The summed E-state index contributed by atoms with van der Waals surface area (Å²) in [6.45, 7) is 3.29. The van der Waals surface area contributed by atoms with Gasteiger partial charge in [0.05, 0.1) is 29.5 Å². The van der Waals surface area contributed by atoms with Crippen LogP contribution in [0.25, 0.3) is 10.2 Å². The number of hydrogen-bond donors (Lipinski definition) is 2. The van der Waals surface area contributed by atoms with E-state index in [2.05, 4.69) is 21.6 Å². The van der Waals surface area contributed by atoms with Gasteiger partial charge < -0.3 is 20.3 Å². The fraction of sp³-hybridized carbons (Fsp3) is 0.600. The van der Waals surface area contributed by atoms with Crippen molar-refractivity contribution >= 4 is 38.3 Å². The van der Waals surface area contributed by atoms with Crippen molar-refractivity contribution in [2.75, 3.05) is 36.5 Å². The molecule has 27 heavy (non-hydrogen) atoms. The first-order chi connectivity index (χ1) is 13.3. The second kappa shape index (κ2) is 7.37. The molecular weight excluding hydrogens is 360 g/mol. The van der Waals surface area contributed by atoms with Gasteiger partial charge in [-0.15, -0.1) is 0 Å². The highest BCUT2D eigenvalue weighted by atomic mass is 32.1. The van der Waals surface area contributed by atoms with E-state index in [1.54, 1.807) is 11.3 Å². The third-order valence-corrected chi connectivity index (χ3v) is 7.18. The Balaban J connectivity index is 1.28. The van der Waals surface area contributed by atoms with E-state index in [-0.39, 0.29) is 11.9 Å². The van der Waals surface area contributed by atoms with E-state index < -0.39 is 0 Å². The molecule has 0 bridgehead atoms. The van der Waals surface area contributed by atoms with Crippen LogP contribution >= 0.6 is 11.3 Å². The lowest BCUT2D eigenvalue weighted by Crippen LogP contribution is -2.39. The van der Waals surface area contributed by atoms with Crippen LogP contribution in [-0.2, 0) is 9.53 Å². The zero-order valence-electron chi connectivity index (χ0n) is 15.4. The van der Waals surface area contributed by atoms with Crippen LogP contribution in [0.15, 0.2) is 18.2 Å². The number of ether oxygens (including phenoxy) is 1. The van der Waals surface area contributed by atoms with Crippen molar-refractivity contribution in [2.45, 2.75) is 44.2 Å². The van der Waals surface area contributed by atoms with E-state index in [9.17, 15) is 4.79 Å². The van der Waals surface area contributed by atoms with Crippen molar-refractivity contribution in [1.82, 2.24) is 10.3 Å². The van der Waals surface area contributed by atoms with Gasteiger partial charge >= 0.3 is 0 Å². The fourth-order valence-electron chi connectivity index (χ4n) is 4.63. The number of aromatic nitrogens is 1. The second-order valence-electron chi connectivity index (χ2n) is 7.87. The van der Waals surface area contributed by atoms with Gasteiger partial charge in [-0.05, 0) is 43.4 Å². The summed E-state index contributed by atoms with van der Waals surface area (Å²) >= 11 is 1.69. The van der Waals surface area contributed by atoms with Crippen molar-refractivity contribution < 1.29 is 9.53 Å². The Hall–Kier alpha value is -1.70. The lowest BCUT2D eigenvalue weighted by atomic mass is 9.85. The Kier molecular flexibility index (Phi) is 4.75. The quantitative estimate of drug-likeness (QED) is 0.849. The van der Waals surface area contributed by atoms with E-state index in [1.165, 1.54) is 25.7 Å². The molecule has 2 aliphatic heterocycles. The molecule has 7 heteroatoms. The van der Waals surface area contributed by atoms with Crippen molar-refractivity contribution in [3.8, 4) is 0 Å². The molecule has 1 aliphatic carbocycles. The van der Waals surface area contributed by atoms with Gasteiger partial charge in [0.25, 0.3) is 0 Å². The number of hydrogen-bond acceptors (Lipinski definition) is 6. The predicted octanol–water partition coefficient (Wildman–Crippen LogP) is 2.99. The highest BCUT2D eigenvalue weighted by molar-refractivity contribution is 7.22. The summed E-state index contributed by atoms with van der Waals surface area (Å²) in [4.78, 5) is 19.8. The Morgan fingerprint density at radius 3 is 2.96 bits per heavy atom. The zero-order chi connectivity index (χ0) is 18.2. The molecule has 1 aromatic heterocycles. The van der Waals surface area contributed by atoms with E-state index in [0.717, 1.165) is 53.8 Å². The molecule has 2 aromatic rings. The number of nitrogens with one attached hydrogen (secondary N) is 2. The van der Waals surface area contributed by atoms with Crippen molar-refractivity contribution in [3.63, 3.8) is 0 Å². The van der Waals surface area contributed by atoms with Gasteiger partial charge in [-0.1, -0.05) is 24.2 Å². The first-order valence-corrected chi connectivity index (χ1v) is 10.9. The molecule has 3 heterocycles. The van der Waals surface area contributed by atoms with Crippen molar-refractivity contribution in [1.29, 1.82) is 0 Å². The third kappa shape index (κ3) is 3.56. The number of nitrogens with zero attached hydrogens (tertiary/aromatic N) is 2. The Morgan fingerprint density at radius 1 is 1.26 bits per heavy atom. The standard InChI is InChI=1S/C20H26N4O2S/c25-19(17-11-13-3-1-2-4-15(13)22-17)21-14-5-6-16-18(12-14)27-20(23-16)24-7-9-26-10-8-24/h5-6,12-13,15,17,22H,1-4,7-11H2,(H,21,25). The van der Waals surface area contributed by atoms with Crippen LogP contribution < -0.4 is 15.5 Å². The average Bonchev–Trinajstić information content (AvgIpc) is 3.32. The second-order valence-corrected chi connectivity index (χ2v) is 8.88. The first-order valence-electron chi connectivity index (χ1n) is 10.1. The molecule has 1 aromatic carbocycles. The van der Waals surface area contributed by atoms with Crippen LogP contribution in [0.4, 0.5) is 10.8 Å². The molecule has 3 fully saturated rings. The molecule has 2 saturated heterocycles. The fourth-order valence-corrected chi connectivity index (χ4v) is 5.69. The zero-order valence-corrected chi connectivity index (χ0v) is 16.3. The number of benzene rings is 1. The summed E-state index contributed by atoms with van der Waals surface area (Å²) in [5, 5.41) is 7.72. The summed E-state index contributed by atoms with van der Waals surface area (Å²) < 4.78 is 6.54. The summed E-state index contributed by atoms with van der Waals surface area (Å²) in [7, 11) is 0. The van der Waals surface area contributed by atoms with Crippen molar-refractivity contribution in [3.05, 3.63) is 18.2 Å². The number of fused-ring (bicyclic) bond motifs is 2. The van der Waals surface area contributed by atoms with Gasteiger partial charge in [0.15, 0.2) is 5.13 Å². The van der Waals surface area contributed by atoms with Gasteiger partial charge in [-0.3, -0.25) is 4.79 Å². The van der Waals surface area contributed by atoms with Gasteiger partial charge in [0.1, 0.15) is 0 Å². The SMILES string of the molecule is O=C(Nc1ccc2nc(N3CCOCC3)sc2c1)C1CC2CCCCC2N1. The lowest BCUT2D eigenvalue weighted by molar-refractivity contribution is -0.117. The highest BCUT2D eigenvalue weighted by Crippen LogP contribution is 2.34. The number of carbonyl (C=O) groups is 1. The molecule has 3 atom stereocenters. The molecule has 6 nitrogen and oxygen atoms in total. The molecule has 1 saturated carbocycles. The molecule has 3 unspecified atom stereocenters. The maximum absolute atomic E-state index is 12.7. The van der Waals surface area contributed by atoms with E-state index in [0.29, 0.717) is 12.0 Å². The molecule has 5 rings (SSSR count). The van der Waals surface area contributed by atoms with E-state index in [4.69, 9.17) is 9.72 Å². The third-order valence-electron chi connectivity index (χ3n) is 6.11. The predicted molar refractivity (Wildman–Crippen MR) is 109 cm³/mol. The molecule has 0 spiro atoms. The van der Waals surface area contributed by atoms with Crippen molar-refractivity contribution in [2.24, 2.45) is 5.92 Å². The Bertz CT molecular complexity index is 818. The first kappa shape index (κ1) is 17.4. The van der Waals surface area contributed by atoms with Gasteiger partial charge in [-0.2, -0.15) is 0 Å². The smallest absolute Gasteiger partial charge is 0.241 e. The molecule has 2 N–H and O–H groups in total. The van der Waals surface area contributed by atoms with Crippen LogP contribution in [0.3, 0.4) is 0 Å². The number of amides is 1. The average molecular weight is 387 g/mol. The Morgan fingerprint density at radius 2 is 2.11 bits per heavy atom. The monoisotopic (exact) mass is 386 g/mol. The minimum absolute atomic E-state index is 0.0563. The van der Waals surface area contributed by atoms with Crippen LogP contribution in [0.2, 0.25) is 0 Å². The van der Waals surface area contributed by atoms with Crippen LogP contribution in [0, 0.1) is 5.92 Å². The molecule has 1 amide bonds. The summed E-state index contributed by atoms with van der Waals surface area (Å²) in [5.74, 6) is 0.774. The largest absolute Gasteiger partial charge is 0.378 e. The highest BCUT2D eigenvalue weighted by Gasteiger charge is 2.38. The summed E-state index contributed by atoms with van der Waals surface area (Å²) in [6.07, 6.45) is 6.05. The number of carbonyl (C=O) groups excluding carboxylic acids is 1. The van der Waals surface area contributed by atoms with Crippen LogP contribution in [0.5, 0.6) is 0 Å². The van der Waals surface area contributed by atoms with Gasteiger partial charge in [0, 0.05) is 24.8 Å². The van der Waals surface area contributed by atoms with Gasteiger partial charge in [-0.25, -0.2) is 4.98 Å². The number of rotatable bonds is 3. The molecule has 0 radical (unpaired) electrons. The number of thiazole rings is 1. The minimum Gasteiger partial charge on any atom is -0.378 e. The summed E-state index contributed by atoms with van der Waals surface area (Å²) in [6, 6.07) is 6.50. The topological polar surface area (TPSA) is 66.5 Å².